The molecule has 10 rings (SSSR count). The summed E-state index contributed by atoms with van der Waals surface area (Å²) in [6.45, 7) is 12.9. The van der Waals surface area contributed by atoms with Crippen LogP contribution < -0.4 is 9.80 Å². The van der Waals surface area contributed by atoms with Gasteiger partial charge < -0.3 is 9.80 Å². The van der Waals surface area contributed by atoms with Gasteiger partial charge in [0.1, 0.15) is 12.5 Å². The second-order valence-electron chi connectivity index (χ2n) is 17.6. The van der Waals surface area contributed by atoms with E-state index in [0.29, 0.717) is 17.8 Å². The molecule has 9 aromatic rings. The number of benzene rings is 7. The van der Waals surface area contributed by atoms with Gasteiger partial charge in [0.15, 0.2) is 0 Å². The smallest absolute Gasteiger partial charge is 0.137 e. The summed E-state index contributed by atoms with van der Waals surface area (Å²) in [5.41, 5.74) is 6.18. The zero-order valence-corrected chi connectivity index (χ0v) is 35.0. The Kier molecular flexibility index (Phi) is 6.46. The molecule has 0 saturated carbocycles. The van der Waals surface area contributed by atoms with Crippen LogP contribution in [-0.2, 0) is 17.3 Å². The maximum absolute atomic E-state index is 9.47. The van der Waals surface area contributed by atoms with Gasteiger partial charge in [0, 0.05) is 33.8 Å². The average molecular weight is 806 g/mol. The van der Waals surface area contributed by atoms with Crippen LogP contribution in [0.4, 0.5) is 22.7 Å². The van der Waals surface area contributed by atoms with Crippen LogP contribution >= 0.6 is 0 Å². The minimum absolute atomic E-state index is 0.0629. The highest BCUT2D eigenvalue weighted by Gasteiger charge is 2.32. The van der Waals surface area contributed by atoms with Crippen LogP contribution in [-0.4, -0.2) is 16.2 Å². The van der Waals surface area contributed by atoms with Crippen molar-refractivity contribution < 1.29 is 17.8 Å². The van der Waals surface area contributed by atoms with E-state index in [1.807, 2.05) is 35.4 Å². The summed E-state index contributed by atoms with van der Waals surface area (Å²) in [5, 5.41) is 2.21. The van der Waals surface area contributed by atoms with Crippen LogP contribution in [0.2, 0.25) is 0 Å². The normalized spacial score (nSPS) is 16.0. The largest absolute Gasteiger partial charge is 0.321 e. The van der Waals surface area contributed by atoms with Crippen molar-refractivity contribution in [3.63, 3.8) is 0 Å². The van der Waals surface area contributed by atoms with Crippen molar-refractivity contribution in [1.29, 1.82) is 0 Å². The van der Waals surface area contributed by atoms with Gasteiger partial charge in [-0.1, -0.05) is 169 Å². The van der Waals surface area contributed by atoms with Crippen LogP contribution in [0.15, 0.2) is 182 Å². The van der Waals surface area contributed by atoms with Gasteiger partial charge in [-0.25, -0.2) is 4.98 Å². The van der Waals surface area contributed by atoms with Gasteiger partial charge in [-0.2, -0.15) is 0 Å². The number of hydrogen-bond donors (Lipinski definition) is 0. The van der Waals surface area contributed by atoms with Crippen LogP contribution in [0.25, 0.3) is 49.9 Å². The highest BCUT2D eigenvalue weighted by molar-refractivity contribution is 6.09. The van der Waals surface area contributed by atoms with Crippen molar-refractivity contribution in [1.82, 2.24) is 9.55 Å². The summed E-state index contributed by atoms with van der Waals surface area (Å²) in [4.78, 5) is 8.61. The highest BCUT2D eigenvalue weighted by atomic mass is 15.4. The van der Waals surface area contributed by atoms with Crippen molar-refractivity contribution in [3.8, 4) is 28.1 Å². The molecule has 0 aliphatic carbocycles. The Bertz CT molecular complexity index is 3680. The Labute approximate surface area is 378 Å². The minimum atomic E-state index is -0.725. The third-order valence-electron chi connectivity index (χ3n) is 11.5. The third-order valence-corrected chi connectivity index (χ3v) is 11.5. The average Bonchev–Trinajstić information content (AvgIpc) is 3.92. The van der Waals surface area contributed by atoms with Gasteiger partial charge in [-0.05, 0) is 99.2 Å². The van der Waals surface area contributed by atoms with Gasteiger partial charge in [0.25, 0.3) is 0 Å². The van der Waals surface area contributed by atoms with Crippen LogP contribution in [0, 0.1) is 0 Å². The molecular weight excluding hydrogens is 741 g/mol. The topological polar surface area (TPSA) is 24.3 Å². The summed E-state index contributed by atoms with van der Waals surface area (Å²) < 4.78 is 118. The number of aromatic nitrogens is 2. The third kappa shape index (κ3) is 7.06. The quantitative estimate of drug-likeness (QED) is 0.160. The molecule has 0 fully saturated rings. The van der Waals surface area contributed by atoms with E-state index in [1.165, 1.54) is 5.56 Å². The lowest BCUT2D eigenvalue weighted by atomic mass is 9.85. The van der Waals surface area contributed by atoms with Gasteiger partial charge in [-0.3, -0.25) is 4.57 Å². The Hall–Kier alpha value is -6.91. The molecule has 61 heavy (non-hydrogen) atoms. The molecule has 3 heterocycles. The van der Waals surface area contributed by atoms with Crippen molar-refractivity contribution >= 4 is 44.6 Å². The highest BCUT2D eigenvalue weighted by Crippen LogP contribution is 2.50. The molecule has 0 radical (unpaired) electrons. The molecule has 0 N–H and O–H groups in total. The lowest BCUT2D eigenvalue weighted by molar-refractivity contribution is 0.588. The van der Waals surface area contributed by atoms with E-state index in [-0.39, 0.29) is 34.3 Å². The maximum Gasteiger partial charge on any atom is 0.137 e. The monoisotopic (exact) mass is 806 g/mol. The van der Waals surface area contributed by atoms with E-state index < -0.39 is 89.7 Å². The first kappa shape index (κ1) is 26.3. The Morgan fingerprint density at radius 2 is 1.16 bits per heavy atom. The van der Waals surface area contributed by atoms with Crippen LogP contribution in [0.3, 0.4) is 0 Å². The van der Waals surface area contributed by atoms with Gasteiger partial charge in [0.2, 0.25) is 0 Å². The van der Waals surface area contributed by atoms with E-state index >= 15 is 0 Å². The molecule has 2 aromatic heterocycles. The van der Waals surface area contributed by atoms with Crippen molar-refractivity contribution in [2.75, 3.05) is 16.5 Å². The molecule has 0 amide bonds. The Morgan fingerprint density at radius 1 is 0.541 bits per heavy atom. The molecule has 7 aromatic carbocycles. The Morgan fingerprint density at radius 3 is 1.84 bits per heavy atom. The van der Waals surface area contributed by atoms with Crippen LogP contribution in [0.5, 0.6) is 0 Å². The molecule has 0 atom stereocenters. The first-order valence-electron chi connectivity index (χ1n) is 27.0. The van der Waals surface area contributed by atoms with Crippen molar-refractivity contribution in [3.05, 3.63) is 204 Å². The van der Waals surface area contributed by atoms with Gasteiger partial charge in [0.05, 0.1) is 45.9 Å². The zero-order valence-electron chi connectivity index (χ0n) is 48.0. The van der Waals surface area contributed by atoms with E-state index in [1.54, 1.807) is 17.0 Å². The molecule has 0 bridgehead atoms. The molecule has 0 unspecified atom stereocenters. The molecular formula is C57H52N4. The van der Waals surface area contributed by atoms with Crippen LogP contribution in [0.1, 0.15) is 81.6 Å². The molecule has 1 aliphatic heterocycles. The molecule has 4 heteroatoms. The second-order valence-corrected chi connectivity index (χ2v) is 17.6. The molecule has 1 aliphatic rings. The number of nitrogens with zero attached hydrogens (tertiary/aromatic N) is 4. The van der Waals surface area contributed by atoms with E-state index in [2.05, 4.69) is 107 Å². The number of fused-ring (bicyclic) bond motifs is 4. The van der Waals surface area contributed by atoms with E-state index in [9.17, 15) is 2.74 Å². The SMILES string of the molecule is [2H]c1c([2H])c([2H])c(-c2c([2H])c([2H])c([2H])c(-c3c([2H])c([2H])c([2H])c([2H])c3[2H])c2N2CN(c3cc(Cc4ccc5c6ccccc6n(-c6cc(C(C)(C)C)ccn6)c5c4)cc(C(C)(C)C)c3)c3ccccc32)c([2H])c1[2H]. The zero-order chi connectivity index (χ0) is 53.2. The summed E-state index contributed by atoms with van der Waals surface area (Å²) >= 11 is 0. The fourth-order valence-corrected chi connectivity index (χ4v) is 8.39. The molecule has 0 spiro atoms. The first-order chi connectivity index (χ1) is 34.9. The fourth-order valence-electron chi connectivity index (χ4n) is 8.39. The lowest BCUT2D eigenvalue weighted by Gasteiger charge is -2.28. The number of para-hydroxylation sites is 4. The summed E-state index contributed by atoms with van der Waals surface area (Å²) in [6.07, 6.45) is 2.41. The van der Waals surface area contributed by atoms with Gasteiger partial charge >= 0.3 is 0 Å². The van der Waals surface area contributed by atoms with Crippen molar-refractivity contribution in [2.24, 2.45) is 0 Å². The van der Waals surface area contributed by atoms with E-state index in [0.717, 1.165) is 50.0 Å². The number of hydrogen-bond acceptors (Lipinski definition) is 3. The molecule has 4 nitrogen and oxygen atoms in total. The summed E-state index contributed by atoms with van der Waals surface area (Å²) in [6, 6.07) is 24.0. The van der Waals surface area contributed by atoms with Gasteiger partial charge in [-0.15, -0.1) is 0 Å². The first-order valence-corrected chi connectivity index (χ1v) is 20.5. The maximum atomic E-state index is 9.47. The van der Waals surface area contributed by atoms with E-state index in [4.69, 9.17) is 20.1 Å². The minimum Gasteiger partial charge on any atom is -0.321 e. The Balaban J connectivity index is 1.18. The molecule has 300 valence electrons. The summed E-state index contributed by atoms with van der Waals surface area (Å²) in [7, 11) is 0. The summed E-state index contributed by atoms with van der Waals surface area (Å²) in [5.74, 6) is 0.826. The fraction of sp³-hybridized carbons (Fsp3) is 0.175. The predicted octanol–water partition coefficient (Wildman–Crippen LogP) is 14.9. The number of pyridine rings is 1. The lowest BCUT2D eigenvalue weighted by Crippen LogP contribution is -2.25. The second kappa shape index (κ2) is 15.0. The predicted molar refractivity (Wildman–Crippen MR) is 258 cm³/mol. The molecule has 0 saturated heterocycles. The van der Waals surface area contributed by atoms with Crippen molar-refractivity contribution in [2.45, 2.75) is 58.8 Å². The number of rotatable bonds is 7. The standard InChI is InChI=1S/C57H52N4/c1-56(2,3)43-30-31-58-54(37-43)61-50-25-14-13-22-48(50)49-29-28-39(35-53(49)61)32-40-33-44(57(4,5)6)36-45(34-40)59-38-60(52-27-16-15-26-51(52)59)55-46(41-18-9-7-10-19-41)23-17-24-47(55)42-20-11-8-12-21-42/h7-31,33-37H,32,38H2,1-6H3/i7D,8D,9D,10D,11D,12D,17D,18D,19D,20D,21D,23D,24D. The number of anilines is 4.